The summed E-state index contributed by atoms with van der Waals surface area (Å²) in [6, 6.07) is 9.44. The Balaban J connectivity index is 1.42. The Bertz CT molecular complexity index is 917. The van der Waals surface area contributed by atoms with E-state index in [-0.39, 0.29) is 11.8 Å². The highest BCUT2D eigenvalue weighted by Gasteiger charge is 2.48. The summed E-state index contributed by atoms with van der Waals surface area (Å²) in [4.78, 5) is 26.3. The van der Waals surface area contributed by atoms with Crippen LogP contribution in [0.25, 0.3) is 0 Å². The van der Waals surface area contributed by atoms with E-state index in [9.17, 15) is 9.90 Å². The number of piperazine rings is 1. The molecule has 1 atom stereocenters. The number of aliphatic imine (C=N–C) groups is 1. The molecule has 0 bridgehead atoms. The maximum absolute atomic E-state index is 13.6. The van der Waals surface area contributed by atoms with E-state index < -0.39 is 5.60 Å². The van der Waals surface area contributed by atoms with Crippen LogP contribution >= 0.6 is 11.3 Å². The lowest BCUT2D eigenvalue weighted by Gasteiger charge is -2.41. The number of aryl methyl sites for hydroxylation is 1. The molecule has 1 aromatic carbocycles. The van der Waals surface area contributed by atoms with Crippen LogP contribution in [-0.4, -0.2) is 57.9 Å². The van der Waals surface area contributed by atoms with E-state index in [1.165, 1.54) is 0 Å². The SMILES string of the molecule is Cc1nc(CN=C(N)N2CCN(C(=O)C(O)(c3ccccc3)C3CCCC3)CC2)cs1. The zero-order chi connectivity index (χ0) is 21.8. The Labute approximate surface area is 187 Å². The van der Waals surface area contributed by atoms with Crippen molar-refractivity contribution in [2.75, 3.05) is 26.2 Å². The van der Waals surface area contributed by atoms with Crippen molar-refractivity contribution < 1.29 is 9.90 Å². The average Bonchev–Trinajstić information content (AvgIpc) is 3.49. The number of amides is 1. The quantitative estimate of drug-likeness (QED) is 0.549. The molecule has 1 unspecified atom stereocenters. The minimum absolute atomic E-state index is 0.0337. The lowest BCUT2D eigenvalue weighted by atomic mass is 9.79. The van der Waals surface area contributed by atoms with Gasteiger partial charge in [0.2, 0.25) is 0 Å². The van der Waals surface area contributed by atoms with Gasteiger partial charge in [-0.2, -0.15) is 0 Å². The van der Waals surface area contributed by atoms with Crippen molar-refractivity contribution in [2.45, 2.75) is 44.8 Å². The van der Waals surface area contributed by atoms with Crippen LogP contribution < -0.4 is 5.73 Å². The van der Waals surface area contributed by atoms with Gasteiger partial charge in [0.05, 0.1) is 17.2 Å². The number of carbonyl (C=O) groups is 1. The number of benzene rings is 1. The number of nitrogens with zero attached hydrogens (tertiary/aromatic N) is 4. The molecule has 1 aromatic heterocycles. The highest BCUT2D eigenvalue weighted by molar-refractivity contribution is 7.09. The largest absolute Gasteiger partial charge is 0.375 e. The summed E-state index contributed by atoms with van der Waals surface area (Å²) in [5.41, 5.74) is 6.37. The number of thiazole rings is 1. The van der Waals surface area contributed by atoms with Crippen LogP contribution in [0.1, 0.15) is 41.9 Å². The first-order valence-corrected chi connectivity index (χ1v) is 11.9. The van der Waals surface area contributed by atoms with Crippen molar-refractivity contribution in [1.29, 1.82) is 0 Å². The number of aliphatic hydroxyl groups is 1. The van der Waals surface area contributed by atoms with Crippen LogP contribution in [-0.2, 0) is 16.9 Å². The molecule has 4 rings (SSSR count). The van der Waals surface area contributed by atoms with Gasteiger partial charge in [0, 0.05) is 37.5 Å². The number of rotatable bonds is 5. The van der Waals surface area contributed by atoms with E-state index in [0.29, 0.717) is 44.2 Å². The highest BCUT2D eigenvalue weighted by atomic mass is 32.1. The number of hydrogen-bond acceptors (Lipinski definition) is 5. The van der Waals surface area contributed by atoms with E-state index in [0.717, 1.165) is 36.4 Å². The molecular weight excluding hydrogens is 410 g/mol. The van der Waals surface area contributed by atoms with Gasteiger partial charge in [0.25, 0.3) is 5.91 Å². The van der Waals surface area contributed by atoms with Crippen molar-refractivity contribution in [3.8, 4) is 0 Å². The summed E-state index contributed by atoms with van der Waals surface area (Å²) >= 11 is 1.60. The van der Waals surface area contributed by atoms with Gasteiger partial charge >= 0.3 is 0 Å². The van der Waals surface area contributed by atoms with Crippen molar-refractivity contribution in [2.24, 2.45) is 16.6 Å². The van der Waals surface area contributed by atoms with Crippen LogP contribution in [0.5, 0.6) is 0 Å². The van der Waals surface area contributed by atoms with Gasteiger partial charge in [-0.15, -0.1) is 11.3 Å². The Kier molecular flexibility index (Phi) is 6.57. The lowest BCUT2D eigenvalue weighted by molar-refractivity contribution is -0.160. The fourth-order valence-electron chi connectivity index (χ4n) is 4.69. The summed E-state index contributed by atoms with van der Waals surface area (Å²) < 4.78 is 0. The Hall–Kier alpha value is -2.45. The molecule has 1 aliphatic carbocycles. The summed E-state index contributed by atoms with van der Waals surface area (Å²) in [5, 5.41) is 14.7. The minimum Gasteiger partial charge on any atom is -0.375 e. The van der Waals surface area contributed by atoms with Gasteiger partial charge in [-0.25, -0.2) is 9.98 Å². The second kappa shape index (κ2) is 9.36. The molecule has 2 heterocycles. The molecule has 2 fully saturated rings. The van der Waals surface area contributed by atoms with Crippen LogP contribution in [0.3, 0.4) is 0 Å². The molecule has 2 aliphatic rings. The van der Waals surface area contributed by atoms with E-state index in [4.69, 9.17) is 5.73 Å². The summed E-state index contributed by atoms with van der Waals surface area (Å²) in [6.45, 7) is 4.68. The second-order valence-electron chi connectivity index (χ2n) is 8.43. The summed E-state index contributed by atoms with van der Waals surface area (Å²) in [7, 11) is 0. The van der Waals surface area contributed by atoms with Gasteiger partial charge in [0.15, 0.2) is 11.6 Å². The molecule has 0 radical (unpaired) electrons. The van der Waals surface area contributed by atoms with Crippen LogP contribution in [0, 0.1) is 12.8 Å². The van der Waals surface area contributed by atoms with Gasteiger partial charge in [-0.05, 0) is 25.3 Å². The molecule has 1 saturated heterocycles. The fraction of sp³-hybridized carbons (Fsp3) is 0.522. The molecule has 3 N–H and O–H groups in total. The molecule has 8 heteroatoms. The lowest BCUT2D eigenvalue weighted by Crippen LogP contribution is -2.58. The molecule has 2 aromatic rings. The molecule has 166 valence electrons. The third kappa shape index (κ3) is 4.60. The van der Waals surface area contributed by atoms with Crippen molar-refractivity contribution >= 4 is 23.2 Å². The van der Waals surface area contributed by atoms with E-state index in [1.807, 2.05) is 47.5 Å². The first kappa shape index (κ1) is 21.8. The molecule has 1 saturated carbocycles. The first-order chi connectivity index (χ1) is 15.0. The number of hydrogen-bond donors (Lipinski definition) is 2. The average molecular weight is 442 g/mol. The molecule has 1 aliphatic heterocycles. The first-order valence-electron chi connectivity index (χ1n) is 11.0. The molecule has 0 spiro atoms. The van der Waals surface area contributed by atoms with Crippen LogP contribution in [0.4, 0.5) is 0 Å². The molecule has 7 nitrogen and oxygen atoms in total. The summed E-state index contributed by atoms with van der Waals surface area (Å²) in [6.07, 6.45) is 3.89. The standard InChI is InChI=1S/C23H31N5O2S/c1-17-26-20(16-31-17)15-25-22(24)28-13-11-27(12-14-28)21(29)23(30,19-9-5-6-10-19)18-7-3-2-4-8-18/h2-4,7-8,16,19,30H,5-6,9-15H2,1H3,(H2,24,25). The van der Waals surface area contributed by atoms with E-state index in [2.05, 4.69) is 9.98 Å². The third-order valence-corrected chi connectivity index (χ3v) is 7.27. The predicted octanol–water partition coefficient (Wildman–Crippen LogP) is 2.49. The van der Waals surface area contributed by atoms with E-state index in [1.54, 1.807) is 16.2 Å². The van der Waals surface area contributed by atoms with Gasteiger partial charge in [-0.1, -0.05) is 43.2 Å². The van der Waals surface area contributed by atoms with Crippen LogP contribution in [0.2, 0.25) is 0 Å². The van der Waals surface area contributed by atoms with Crippen molar-refractivity contribution in [1.82, 2.24) is 14.8 Å². The number of nitrogens with two attached hydrogens (primary N) is 1. The topological polar surface area (TPSA) is 95.0 Å². The maximum atomic E-state index is 13.6. The third-order valence-electron chi connectivity index (χ3n) is 6.45. The number of carbonyl (C=O) groups excluding carboxylic acids is 1. The minimum atomic E-state index is -1.46. The maximum Gasteiger partial charge on any atom is 0.259 e. The molecule has 31 heavy (non-hydrogen) atoms. The predicted molar refractivity (Wildman–Crippen MR) is 123 cm³/mol. The van der Waals surface area contributed by atoms with Crippen LogP contribution in [0.15, 0.2) is 40.7 Å². The molecular formula is C23H31N5O2S. The monoisotopic (exact) mass is 441 g/mol. The second-order valence-corrected chi connectivity index (χ2v) is 9.49. The van der Waals surface area contributed by atoms with E-state index >= 15 is 0 Å². The van der Waals surface area contributed by atoms with Gasteiger partial charge < -0.3 is 20.6 Å². The van der Waals surface area contributed by atoms with Gasteiger partial charge in [-0.3, -0.25) is 4.79 Å². The highest BCUT2D eigenvalue weighted by Crippen LogP contribution is 2.42. The normalized spacial score (nSPS) is 20.1. The van der Waals surface area contributed by atoms with Crippen molar-refractivity contribution in [3.05, 3.63) is 52.0 Å². The zero-order valence-corrected chi connectivity index (χ0v) is 18.9. The summed E-state index contributed by atoms with van der Waals surface area (Å²) in [5.74, 6) is 0.263. The zero-order valence-electron chi connectivity index (χ0n) is 18.0. The Morgan fingerprint density at radius 1 is 1.19 bits per heavy atom. The van der Waals surface area contributed by atoms with Gasteiger partial charge in [0.1, 0.15) is 0 Å². The Morgan fingerprint density at radius 2 is 1.84 bits per heavy atom. The van der Waals surface area contributed by atoms with Crippen molar-refractivity contribution in [3.63, 3.8) is 0 Å². The Morgan fingerprint density at radius 3 is 2.45 bits per heavy atom. The smallest absolute Gasteiger partial charge is 0.259 e. The fourth-order valence-corrected chi connectivity index (χ4v) is 5.30. The molecule has 1 amide bonds. The number of aromatic nitrogens is 1. The number of guanidine groups is 1.